The van der Waals surface area contributed by atoms with Crippen molar-refractivity contribution in [2.24, 2.45) is 0 Å². The Balaban J connectivity index is 1.76. The number of thioether (sulfide) groups is 1. The van der Waals surface area contributed by atoms with E-state index in [1.807, 2.05) is 16.7 Å². The zero-order chi connectivity index (χ0) is 11.8. The summed E-state index contributed by atoms with van der Waals surface area (Å²) >= 11 is 1.95. The molecule has 1 atom stereocenters. The van der Waals surface area contributed by atoms with Crippen molar-refractivity contribution in [3.05, 3.63) is 0 Å². The molecule has 0 aromatic carbocycles. The highest BCUT2D eigenvalue weighted by molar-refractivity contribution is 7.99. The molecule has 0 aromatic heterocycles. The summed E-state index contributed by atoms with van der Waals surface area (Å²) in [5, 5.41) is 0. The molecule has 2 amide bonds. The van der Waals surface area contributed by atoms with Crippen LogP contribution in [0.4, 0.5) is 0 Å². The van der Waals surface area contributed by atoms with Crippen LogP contribution >= 0.6 is 11.8 Å². The SMILES string of the molecule is O=C1C2CCCN2C(=O)CN1C1CCSCC1. The molecule has 3 saturated heterocycles. The van der Waals surface area contributed by atoms with Gasteiger partial charge < -0.3 is 9.80 Å². The van der Waals surface area contributed by atoms with Crippen molar-refractivity contribution in [2.75, 3.05) is 24.6 Å². The molecule has 4 nitrogen and oxygen atoms in total. The maximum atomic E-state index is 12.4. The Morgan fingerprint density at radius 2 is 1.82 bits per heavy atom. The second-order valence-corrected chi connectivity index (χ2v) is 6.28. The predicted octanol–water partition coefficient (Wildman–Crippen LogP) is 0.715. The fourth-order valence-corrected chi connectivity index (χ4v) is 4.22. The van der Waals surface area contributed by atoms with Crippen molar-refractivity contribution in [3.63, 3.8) is 0 Å². The summed E-state index contributed by atoms with van der Waals surface area (Å²) in [6, 6.07) is 0.182. The van der Waals surface area contributed by atoms with Crippen LogP contribution in [0.15, 0.2) is 0 Å². The highest BCUT2D eigenvalue weighted by Crippen LogP contribution is 2.29. The van der Waals surface area contributed by atoms with E-state index in [0.29, 0.717) is 12.6 Å². The Hall–Kier alpha value is -0.710. The second-order valence-electron chi connectivity index (χ2n) is 5.05. The number of nitrogens with zero attached hydrogens (tertiary/aromatic N) is 2. The number of fused-ring (bicyclic) bond motifs is 1. The summed E-state index contributed by atoms with van der Waals surface area (Å²) in [5.74, 6) is 2.61. The molecule has 3 aliphatic rings. The number of rotatable bonds is 1. The van der Waals surface area contributed by atoms with Gasteiger partial charge in [-0.25, -0.2) is 0 Å². The largest absolute Gasteiger partial charge is 0.329 e. The van der Waals surface area contributed by atoms with Gasteiger partial charge in [0.05, 0.1) is 0 Å². The van der Waals surface area contributed by atoms with Crippen molar-refractivity contribution in [1.29, 1.82) is 0 Å². The van der Waals surface area contributed by atoms with Crippen molar-refractivity contribution < 1.29 is 9.59 Å². The standard InChI is InChI=1S/C12H18N2O2S/c15-11-8-14(9-3-6-17-7-4-9)12(16)10-2-1-5-13(10)11/h9-10H,1-8H2. The van der Waals surface area contributed by atoms with E-state index in [1.54, 1.807) is 4.90 Å². The third kappa shape index (κ3) is 1.94. The Morgan fingerprint density at radius 3 is 2.59 bits per heavy atom. The van der Waals surface area contributed by atoms with E-state index in [9.17, 15) is 9.59 Å². The van der Waals surface area contributed by atoms with E-state index in [4.69, 9.17) is 0 Å². The van der Waals surface area contributed by atoms with Crippen LogP contribution in [-0.2, 0) is 9.59 Å². The summed E-state index contributed by atoms with van der Waals surface area (Å²) in [7, 11) is 0. The molecule has 0 bridgehead atoms. The van der Waals surface area contributed by atoms with Gasteiger partial charge in [0, 0.05) is 12.6 Å². The lowest BCUT2D eigenvalue weighted by Crippen LogP contribution is -2.60. The molecule has 0 spiro atoms. The van der Waals surface area contributed by atoms with Crippen LogP contribution in [0.3, 0.4) is 0 Å². The molecule has 0 aliphatic carbocycles. The first kappa shape index (κ1) is 11.4. The van der Waals surface area contributed by atoms with Gasteiger partial charge in [-0.2, -0.15) is 11.8 Å². The third-order valence-corrected chi connectivity index (χ3v) is 5.13. The van der Waals surface area contributed by atoms with Gasteiger partial charge in [-0.1, -0.05) is 0 Å². The maximum absolute atomic E-state index is 12.4. The fraction of sp³-hybridized carbons (Fsp3) is 0.833. The van der Waals surface area contributed by atoms with Crippen LogP contribution in [0.2, 0.25) is 0 Å². The molecule has 5 heteroatoms. The molecule has 0 aromatic rings. The highest BCUT2D eigenvalue weighted by atomic mass is 32.2. The van der Waals surface area contributed by atoms with Crippen LogP contribution < -0.4 is 0 Å². The lowest BCUT2D eigenvalue weighted by atomic mass is 10.0. The highest BCUT2D eigenvalue weighted by Gasteiger charge is 2.43. The minimum atomic E-state index is -0.133. The average Bonchev–Trinajstić information content (AvgIpc) is 2.85. The molecule has 0 radical (unpaired) electrons. The first-order valence-electron chi connectivity index (χ1n) is 6.45. The predicted molar refractivity (Wildman–Crippen MR) is 66.8 cm³/mol. The Labute approximate surface area is 106 Å². The maximum Gasteiger partial charge on any atom is 0.246 e. The molecule has 17 heavy (non-hydrogen) atoms. The zero-order valence-corrected chi connectivity index (χ0v) is 10.7. The minimum absolute atomic E-state index is 0.133. The Bertz CT molecular complexity index is 341. The van der Waals surface area contributed by atoms with E-state index in [2.05, 4.69) is 0 Å². The van der Waals surface area contributed by atoms with Gasteiger partial charge in [-0.05, 0) is 37.2 Å². The summed E-state index contributed by atoms with van der Waals surface area (Å²) in [4.78, 5) is 28.0. The minimum Gasteiger partial charge on any atom is -0.329 e. The monoisotopic (exact) mass is 254 g/mol. The molecule has 94 valence electrons. The van der Waals surface area contributed by atoms with E-state index in [1.165, 1.54) is 0 Å². The number of carbonyl (C=O) groups is 2. The van der Waals surface area contributed by atoms with Crippen LogP contribution in [0.1, 0.15) is 25.7 Å². The molecule has 3 heterocycles. The molecular formula is C12H18N2O2S. The molecule has 3 fully saturated rings. The third-order valence-electron chi connectivity index (χ3n) is 4.08. The quantitative estimate of drug-likeness (QED) is 0.692. The first-order valence-corrected chi connectivity index (χ1v) is 7.60. The van der Waals surface area contributed by atoms with Gasteiger partial charge in [0.1, 0.15) is 12.6 Å². The summed E-state index contributed by atoms with van der Waals surface area (Å²) in [6.07, 6.45) is 3.95. The van der Waals surface area contributed by atoms with Gasteiger partial charge in [0.2, 0.25) is 11.8 Å². The Morgan fingerprint density at radius 1 is 1.06 bits per heavy atom. The van der Waals surface area contributed by atoms with Crippen LogP contribution in [0.5, 0.6) is 0 Å². The lowest BCUT2D eigenvalue weighted by Gasteiger charge is -2.41. The van der Waals surface area contributed by atoms with Crippen LogP contribution in [-0.4, -0.2) is 58.3 Å². The van der Waals surface area contributed by atoms with Gasteiger partial charge in [0.15, 0.2) is 0 Å². The van der Waals surface area contributed by atoms with Gasteiger partial charge in [-0.15, -0.1) is 0 Å². The molecule has 1 unspecified atom stereocenters. The van der Waals surface area contributed by atoms with Crippen molar-refractivity contribution >= 4 is 23.6 Å². The lowest BCUT2D eigenvalue weighted by molar-refractivity contribution is -0.156. The van der Waals surface area contributed by atoms with E-state index in [-0.39, 0.29) is 17.9 Å². The van der Waals surface area contributed by atoms with Crippen molar-refractivity contribution in [3.8, 4) is 0 Å². The summed E-state index contributed by atoms with van der Waals surface area (Å²) in [5.41, 5.74) is 0. The molecule has 0 N–H and O–H groups in total. The Kier molecular flexibility index (Phi) is 3.03. The summed E-state index contributed by atoms with van der Waals surface area (Å²) < 4.78 is 0. The molecule has 3 aliphatic heterocycles. The van der Waals surface area contributed by atoms with Crippen molar-refractivity contribution in [2.45, 2.75) is 37.8 Å². The number of amides is 2. The molecular weight excluding hydrogens is 236 g/mol. The topological polar surface area (TPSA) is 40.6 Å². The van der Waals surface area contributed by atoms with Gasteiger partial charge in [0.25, 0.3) is 0 Å². The zero-order valence-electron chi connectivity index (χ0n) is 9.93. The van der Waals surface area contributed by atoms with E-state index >= 15 is 0 Å². The molecule has 3 rings (SSSR count). The van der Waals surface area contributed by atoms with Crippen LogP contribution in [0, 0.1) is 0 Å². The van der Waals surface area contributed by atoms with Crippen molar-refractivity contribution in [1.82, 2.24) is 9.80 Å². The second kappa shape index (κ2) is 4.52. The number of hydrogen-bond donors (Lipinski definition) is 0. The smallest absolute Gasteiger partial charge is 0.246 e. The van der Waals surface area contributed by atoms with E-state index < -0.39 is 0 Å². The number of piperazine rings is 1. The average molecular weight is 254 g/mol. The first-order chi connectivity index (χ1) is 8.27. The fourth-order valence-electron chi connectivity index (χ4n) is 3.13. The van der Waals surface area contributed by atoms with Gasteiger partial charge in [-0.3, -0.25) is 9.59 Å². The normalized spacial score (nSPS) is 30.9. The molecule has 0 saturated carbocycles. The van der Waals surface area contributed by atoms with Gasteiger partial charge >= 0.3 is 0 Å². The number of carbonyl (C=O) groups excluding carboxylic acids is 2. The summed E-state index contributed by atoms with van der Waals surface area (Å²) in [6.45, 7) is 1.11. The van der Waals surface area contributed by atoms with E-state index in [0.717, 1.165) is 43.7 Å². The van der Waals surface area contributed by atoms with Crippen LogP contribution in [0.25, 0.3) is 0 Å². The number of hydrogen-bond acceptors (Lipinski definition) is 3.